The Hall–Kier alpha value is -2.18. The lowest BCUT2D eigenvalue weighted by molar-refractivity contribution is -0.124. The summed E-state index contributed by atoms with van der Waals surface area (Å²) in [6, 6.07) is 0.811. The van der Waals surface area contributed by atoms with Crippen molar-refractivity contribution in [2.45, 2.75) is 18.9 Å². The maximum absolute atomic E-state index is 13.6. The van der Waals surface area contributed by atoms with E-state index in [1.54, 1.807) is 0 Å². The Morgan fingerprint density at radius 3 is 2.84 bits per heavy atom. The number of amides is 2. The van der Waals surface area contributed by atoms with Crippen molar-refractivity contribution < 1.29 is 18.4 Å². The molecule has 1 unspecified atom stereocenters. The molecule has 0 spiro atoms. The number of benzene rings is 1. The van der Waals surface area contributed by atoms with Crippen LogP contribution >= 0.6 is 0 Å². The third-order valence-electron chi connectivity index (χ3n) is 2.90. The van der Waals surface area contributed by atoms with Crippen molar-refractivity contribution in [3.8, 4) is 0 Å². The summed E-state index contributed by atoms with van der Waals surface area (Å²) in [6.07, 6.45) is 1.18. The molecule has 1 aromatic rings. The first-order valence-corrected chi connectivity index (χ1v) is 5.82. The average molecular weight is 269 g/mol. The number of carbonyl (C=O) groups is 2. The summed E-state index contributed by atoms with van der Waals surface area (Å²) >= 11 is 0. The van der Waals surface area contributed by atoms with Gasteiger partial charge in [0.15, 0.2) is 5.82 Å². The van der Waals surface area contributed by atoms with Gasteiger partial charge in [-0.15, -0.1) is 0 Å². The van der Waals surface area contributed by atoms with E-state index >= 15 is 0 Å². The average Bonchev–Trinajstić information content (AvgIpc) is 2.36. The molecule has 2 rings (SSSR count). The molecule has 1 aliphatic heterocycles. The van der Waals surface area contributed by atoms with Gasteiger partial charge >= 0.3 is 0 Å². The van der Waals surface area contributed by atoms with Crippen LogP contribution in [0.5, 0.6) is 0 Å². The molecule has 1 aromatic carbocycles. The van der Waals surface area contributed by atoms with Gasteiger partial charge in [-0.3, -0.25) is 9.59 Å². The van der Waals surface area contributed by atoms with Crippen molar-refractivity contribution >= 4 is 17.5 Å². The number of anilines is 1. The van der Waals surface area contributed by atoms with Crippen LogP contribution in [-0.4, -0.2) is 24.4 Å². The van der Waals surface area contributed by atoms with Crippen LogP contribution in [0.25, 0.3) is 0 Å². The Morgan fingerprint density at radius 2 is 2.16 bits per heavy atom. The molecule has 5 nitrogen and oxygen atoms in total. The number of rotatable bonds is 2. The standard InChI is InChI=1S/C12H13F2N3O2/c13-6-4-7(10(14)8(15)5-6)11(18)17-9-2-1-3-16-12(9)19/h4-5,9H,1-3,15H2,(H,16,19)(H,17,18). The monoisotopic (exact) mass is 269 g/mol. The number of halogens is 2. The van der Waals surface area contributed by atoms with Crippen molar-refractivity contribution in [2.75, 3.05) is 12.3 Å². The summed E-state index contributed by atoms with van der Waals surface area (Å²) in [4.78, 5) is 23.3. The molecular weight excluding hydrogens is 256 g/mol. The summed E-state index contributed by atoms with van der Waals surface area (Å²) in [5, 5.41) is 4.95. The number of nitrogens with one attached hydrogen (secondary N) is 2. The minimum atomic E-state index is -0.991. The van der Waals surface area contributed by atoms with E-state index in [0.717, 1.165) is 12.1 Å². The zero-order chi connectivity index (χ0) is 14.0. The molecule has 4 N–H and O–H groups in total. The minimum absolute atomic E-state index is 0.329. The van der Waals surface area contributed by atoms with Gasteiger partial charge < -0.3 is 16.4 Å². The third kappa shape index (κ3) is 2.81. The Morgan fingerprint density at radius 1 is 1.42 bits per heavy atom. The zero-order valence-corrected chi connectivity index (χ0v) is 10.0. The predicted octanol–water partition coefficient (Wildman–Crippen LogP) is 0.555. The molecule has 0 radical (unpaired) electrons. The first-order chi connectivity index (χ1) is 8.99. The van der Waals surface area contributed by atoms with Crippen molar-refractivity contribution in [2.24, 2.45) is 0 Å². The fourth-order valence-corrected chi connectivity index (χ4v) is 1.92. The molecule has 1 saturated heterocycles. The van der Waals surface area contributed by atoms with Crippen LogP contribution in [0.15, 0.2) is 12.1 Å². The molecule has 19 heavy (non-hydrogen) atoms. The van der Waals surface area contributed by atoms with Crippen molar-refractivity contribution in [3.05, 3.63) is 29.3 Å². The fourth-order valence-electron chi connectivity index (χ4n) is 1.92. The van der Waals surface area contributed by atoms with Crippen molar-refractivity contribution in [3.63, 3.8) is 0 Å². The number of piperidine rings is 1. The molecular formula is C12H13F2N3O2. The van der Waals surface area contributed by atoms with E-state index in [1.165, 1.54) is 0 Å². The second-order valence-electron chi connectivity index (χ2n) is 4.32. The van der Waals surface area contributed by atoms with Gasteiger partial charge in [0.05, 0.1) is 11.3 Å². The molecule has 0 aliphatic carbocycles. The number of nitrogen functional groups attached to an aromatic ring is 1. The number of hydrogen-bond donors (Lipinski definition) is 3. The lowest BCUT2D eigenvalue weighted by atomic mass is 10.1. The van der Waals surface area contributed by atoms with E-state index in [2.05, 4.69) is 10.6 Å². The van der Waals surface area contributed by atoms with Gasteiger partial charge in [0.1, 0.15) is 11.9 Å². The normalized spacial score (nSPS) is 18.8. The Balaban J connectivity index is 2.18. The highest BCUT2D eigenvalue weighted by Gasteiger charge is 2.25. The van der Waals surface area contributed by atoms with Crippen LogP contribution in [-0.2, 0) is 4.79 Å². The topological polar surface area (TPSA) is 84.2 Å². The van der Waals surface area contributed by atoms with Crippen LogP contribution in [0.4, 0.5) is 14.5 Å². The van der Waals surface area contributed by atoms with Gasteiger partial charge in [0.2, 0.25) is 5.91 Å². The highest BCUT2D eigenvalue weighted by molar-refractivity contribution is 5.98. The molecule has 1 heterocycles. The molecule has 7 heteroatoms. The van der Waals surface area contributed by atoms with Crippen molar-refractivity contribution in [1.82, 2.24) is 10.6 Å². The van der Waals surface area contributed by atoms with Crippen LogP contribution in [0.2, 0.25) is 0 Å². The first kappa shape index (κ1) is 13.3. The smallest absolute Gasteiger partial charge is 0.255 e. The van der Waals surface area contributed by atoms with Gasteiger partial charge in [-0.25, -0.2) is 8.78 Å². The lowest BCUT2D eigenvalue weighted by Gasteiger charge is -2.22. The number of nitrogens with two attached hydrogens (primary N) is 1. The van der Waals surface area contributed by atoms with Crippen LogP contribution in [0.3, 0.4) is 0 Å². The van der Waals surface area contributed by atoms with E-state index in [9.17, 15) is 18.4 Å². The summed E-state index contributed by atoms with van der Waals surface area (Å²) in [5.41, 5.74) is 4.30. The number of carbonyl (C=O) groups excluding carboxylic acids is 2. The van der Waals surface area contributed by atoms with E-state index in [-0.39, 0.29) is 5.91 Å². The molecule has 0 aromatic heterocycles. The second-order valence-corrected chi connectivity index (χ2v) is 4.32. The van der Waals surface area contributed by atoms with Gasteiger partial charge in [-0.05, 0) is 25.0 Å². The molecule has 1 fully saturated rings. The molecule has 1 aliphatic rings. The van der Waals surface area contributed by atoms with E-state index in [4.69, 9.17) is 5.73 Å². The molecule has 1 atom stereocenters. The van der Waals surface area contributed by atoms with E-state index < -0.39 is 34.8 Å². The van der Waals surface area contributed by atoms with Crippen LogP contribution in [0.1, 0.15) is 23.2 Å². The van der Waals surface area contributed by atoms with Crippen molar-refractivity contribution in [1.29, 1.82) is 0 Å². The van der Waals surface area contributed by atoms with E-state index in [1.807, 2.05) is 0 Å². The SMILES string of the molecule is Nc1cc(F)cc(C(=O)NC2CCCNC2=O)c1F. The highest BCUT2D eigenvalue weighted by atomic mass is 19.1. The third-order valence-corrected chi connectivity index (χ3v) is 2.90. The van der Waals surface area contributed by atoms with Gasteiger partial charge in [0.25, 0.3) is 5.91 Å². The second kappa shape index (κ2) is 5.21. The molecule has 2 amide bonds. The Kier molecular flexibility index (Phi) is 3.64. The Bertz CT molecular complexity index is 534. The molecule has 0 saturated carbocycles. The summed E-state index contributed by atoms with van der Waals surface area (Å²) in [6.45, 7) is 0.548. The summed E-state index contributed by atoms with van der Waals surface area (Å²) < 4.78 is 26.7. The zero-order valence-electron chi connectivity index (χ0n) is 10.0. The summed E-state index contributed by atoms with van der Waals surface area (Å²) in [5.74, 6) is -2.98. The fraction of sp³-hybridized carbons (Fsp3) is 0.333. The largest absolute Gasteiger partial charge is 0.396 e. The highest BCUT2D eigenvalue weighted by Crippen LogP contribution is 2.17. The predicted molar refractivity (Wildman–Crippen MR) is 64.3 cm³/mol. The lowest BCUT2D eigenvalue weighted by Crippen LogP contribution is -2.50. The number of hydrogen-bond acceptors (Lipinski definition) is 3. The van der Waals surface area contributed by atoms with Crippen LogP contribution < -0.4 is 16.4 Å². The summed E-state index contributed by atoms with van der Waals surface area (Å²) in [7, 11) is 0. The minimum Gasteiger partial charge on any atom is -0.396 e. The quantitative estimate of drug-likeness (QED) is 0.686. The van der Waals surface area contributed by atoms with Gasteiger partial charge in [0, 0.05) is 6.54 Å². The van der Waals surface area contributed by atoms with Crippen LogP contribution in [0, 0.1) is 11.6 Å². The van der Waals surface area contributed by atoms with Gasteiger partial charge in [-0.1, -0.05) is 0 Å². The molecule has 102 valence electrons. The maximum Gasteiger partial charge on any atom is 0.255 e. The Labute approximate surface area is 108 Å². The maximum atomic E-state index is 13.6. The molecule has 0 bridgehead atoms. The van der Waals surface area contributed by atoms with E-state index in [0.29, 0.717) is 19.4 Å². The first-order valence-electron chi connectivity index (χ1n) is 5.82. The van der Waals surface area contributed by atoms with Gasteiger partial charge in [-0.2, -0.15) is 0 Å².